The number of carbonyl (C=O) groups excluding carboxylic acids is 2. The standard InChI is InChI=1S/C19H15N3O2/c20-18(23)17-12-11-14(13-21-17)19(24)22(15-7-3-1-4-8-15)16-9-5-2-6-10-16/h1-13H,(H2,20,23). The van der Waals surface area contributed by atoms with Gasteiger partial charge in [-0.25, -0.2) is 0 Å². The zero-order valence-corrected chi connectivity index (χ0v) is 12.8. The second-order valence-electron chi connectivity index (χ2n) is 5.11. The summed E-state index contributed by atoms with van der Waals surface area (Å²) in [5.74, 6) is -0.868. The molecule has 0 saturated carbocycles. The number of anilines is 2. The number of hydrogen-bond acceptors (Lipinski definition) is 3. The van der Waals surface area contributed by atoms with Crippen LogP contribution in [0.3, 0.4) is 0 Å². The number of pyridine rings is 1. The van der Waals surface area contributed by atoms with Crippen LogP contribution in [0.5, 0.6) is 0 Å². The van der Waals surface area contributed by atoms with Gasteiger partial charge in [-0.3, -0.25) is 19.5 Å². The molecule has 5 heteroatoms. The number of hydrogen-bond donors (Lipinski definition) is 1. The van der Waals surface area contributed by atoms with Crippen LogP contribution in [-0.2, 0) is 0 Å². The fourth-order valence-corrected chi connectivity index (χ4v) is 2.33. The Morgan fingerprint density at radius 1 is 0.792 bits per heavy atom. The lowest BCUT2D eigenvalue weighted by Gasteiger charge is -2.23. The molecule has 0 atom stereocenters. The van der Waals surface area contributed by atoms with Crippen LogP contribution >= 0.6 is 0 Å². The first-order chi connectivity index (χ1) is 11.7. The summed E-state index contributed by atoms with van der Waals surface area (Å²) in [7, 11) is 0. The molecule has 0 fully saturated rings. The van der Waals surface area contributed by atoms with E-state index in [0.29, 0.717) is 5.56 Å². The molecule has 2 N–H and O–H groups in total. The first kappa shape index (κ1) is 15.4. The summed E-state index contributed by atoms with van der Waals surface area (Å²) in [4.78, 5) is 29.7. The van der Waals surface area contributed by atoms with E-state index in [2.05, 4.69) is 4.98 Å². The number of carbonyl (C=O) groups is 2. The van der Waals surface area contributed by atoms with E-state index in [1.54, 1.807) is 11.0 Å². The molecule has 2 aromatic carbocycles. The Labute approximate surface area is 139 Å². The molecule has 0 spiro atoms. The number of aromatic nitrogens is 1. The number of amides is 2. The van der Waals surface area contributed by atoms with Crippen LogP contribution in [0.4, 0.5) is 11.4 Å². The summed E-state index contributed by atoms with van der Waals surface area (Å²) in [5, 5.41) is 0. The van der Waals surface area contributed by atoms with E-state index in [1.807, 2.05) is 60.7 Å². The van der Waals surface area contributed by atoms with E-state index in [1.165, 1.54) is 12.3 Å². The van der Waals surface area contributed by atoms with Gasteiger partial charge < -0.3 is 5.73 Å². The molecule has 0 aliphatic rings. The van der Waals surface area contributed by atoms with Crippen molar-refractivity contribution < 1.29 is 9.59 Å². The Kier molecular flexibility index (Phi) is 4.34. The predicted octanol–water partition coefficient (Wildman–Crippen LogP) is 3.16. The van der Waals surface area contributed by atoms with Crippen molar-refractivity contribution in [2.75, 3.05) is 4.90 Å². The monoisotopic (exact) mass is 317 g/mol. The molecule has 0 bridgehead atoms. The van der Waals surface area contributed by atoms with Crippen LogP contribution in [0.2, 0.25) is 0 Å². The van der Waals surface area contributed by atoms with Crippen LogP contribution < -0.4 is 10.6 Å². The largest absolute Gasteiger partial charge is 0.364 e. The highest BCUT2D eigenvalue weighted by atomic mass is 16.2. The van der Waals surface area contributed by atoms with Gasteiger partial charge in [-0.15, -0.1) is 0 Å². The average molecular weight is 317 g/mol. The minimum absolute atomic E-state index is 0.123. The molecule has 0 radical (unpaired) electrons. The van der Waals surface area contributed by atoms with Crippen molar-refractivity contribution in [2.24, 2.45) is 5.73 Å². The number of nitrogens with zero attached hydrogens (tertiary/aromatic N) is 2. The highest BCUT2D eigenvalue weighted by Crippen LogP contribution is 2.27. The first-order valence-corrected chi connectivity index (χ1v) is 7.37. The van der Waals surface area contributed by atoms with Gasteiger partial charge in [0.2, 0.25) is 0 Å². The summed E-state index contributed by atoms with van der Waals surface area (Å²) in [6.45, 7) is 0. The minimum atomic E-state index is -0.628. The Morgan fingerprint density at radius 3 is 1.75 bits per heavy atom. The van der Waals surface area contributed by atoms with Gasteiger partial charge in [-0.1, -0.05) is 36.4 Å². The van der Waals surface area contributed by atoms with Gasteiger partial charge in [0.15, 0.2) is 0 Å². The summed E-state index contributed by atoms with van der Waals surface area (Å²) in [6.07, 6.45) is 1.36. The molecule has 24 heavy (non-hydrogen) atoms. The molecule has 5 nitrogen and oxygen atoms in total. The Morgan fingerprint density at radius 2 is 1.33 bits per heavy atom. The molecule has 1 heterocycles. The van der Waals surface area contributed by atoms with E-state index in [0.717, 1.165) is 11.4 Å². The summed E-state index contributed by atoms with van der Waals surface area (Å²) in [5.41, 5.74) is 7.16. The van der Waals surface area contributed by atoms with E-state index < -0.39 is 5.91 Å². The maximum Gasteiger partial charge on any atom is 0.267 e. The lowest BCUT2D eigenvalue weighted by molar-refractivity contribution is 0.0984. The van der Waals surface area contributed by atoms with Gasteiger partial charge in [0, 0.05) is 17.6 Å². The normalized spacial score (nSPS) is 10.2. The topological polar surface area (TPSA) is 76.3 Å². The van der Waals surface area contributed by atoms with Crippen molar-refractivity contribution in [3.63, 3.8) is 0 Å². The number of nitrogens with two attached hydrogens (primary N) is 1. The molecule has 118 valence electrons. The fourth-order valence-electron chi connectivity index (χ4n) is 2.33. The van der Waals surface area contributed by atoms with E-state index >= 15 is 0 Å². The molecule has 0 aliphatic carbocycles. The zero-order chi connectivity index (χ0) is 16.9. The SMILES string of the molecule is NC(=O)c1ccc(C(=O)N(c2ccccc2)c2ccccc2)cn1. The molecule has 1 aromatic heterocycles. The lowest BCUT2D eigenvalue weighted by Crippen LogP contribution is -2.26. The van der Waals surface area contributed by atoms with Gasteiger partial charge in [0.05, 0.1) is 5.56 Å². The van der Waals surface area contributed by atoms with Crippen molar-refractivity contribution in [2.45, 2.75) is 0 Å². The third-order valence-electron chi connectivity index (χ3n) is 3.49. The molecule has 0 unspecified atom stereocenters. The predicted molar refractivity (Wildman–Crippen MR) is 92.1 cm³/mol. The molecule has 0 aliphatic heterocycles. The molecule has 3 rings (SSSR count). The van der Waals surface area contributed by atoms with Gasteiger partial charge in [0.1, 0.15) is 5.69 Å². The number of benzene rings is 2. The number of primary amides is 1. The Balaban J connectivity index is 2.02. The fraction of sp³-hybridized carbons (Fsp3) is 0. The summed E-state index contributed by atoms with van der Waals surface area (Å²) < 4.78 is 0. The summed E-state index contributed by atoms with van der Waals surface area (Å²) in [6, 6.07) is 21.7. The van der Waals surface area contributed by atoms with Gasteiger partial charge >= 0.3 is 0 Å². The van der Waals surface area contributed by atoms with E-state index in [4.69, 9.17) is 5.73 Å². The van der Waals surface area contributed by atoms with Crippen LogP contribution in [-0.4, -0.2) is 16.8 Å². The lowest BCUT2D eigenvalue weighted by atomic mass is 10.1. The van der Waals surface area contributed by atoms with Crippen LogP contribution in [0, 0.1) is 0 Å². The third-order valence-corrected chi connectivity index (χ3v) is 3.49. The number of rotatable bonds is 4. The van der Waals surface area contributed by atoms with Crippen molar-refractivity contribution in [3.05, 3.63) is 90.3 Å². The van der Waals surface area contributed by atoms with Crippen molar-refractivity contribution in [3.8, 4) is 0 Å². The maximum atomic E-state index is 13.0. The smallest absolute Gasteiger partial charge is 0.267 e. The van der Waals surface area contributed by atoms with Crippen LogP contribution in [0.25, 0.3) is 0 Å². The zero-order valence-electron chi connectivity index (χ0n) is 12.8. The Bertz CT molecular complexity index is 807. The minimum Gasteiger partial charge on any atom is -0.364 e. The average Bonchev–Trinajstić information content (AvgIpc) is 2.64. The van der Waals surface area contributed by atoms with E-state index in [-0.39, 0.29) is 11.6 Å². The van der Waals surface area contributed by atoms with Gasteiger partial charge in [-0.2, -0.15) is 0 Å². The maximum absolute atomic E-state index is 13.0. The molecule has 3 aromatic rings. The van der Waals surface area contributed by atoms with Crippen molar-refractivity contribution >= 4 is 23.2 Å². The highest BCUT2D eigenvalue weighted by molar-refractivity contribution is 6.10. The molecule has 0 saturated heterocycles. The highest BCUT2D eigenvalue weighted by Gasteiger charge is 2.20. The molecular formula is C19H15N3O2. The van der Waals surface area contributed by atoms with Crippen molar-refractivity contribution in [1.29, 1.82) is 0 Å². The van der Waals surface area contributed by atoms with Gasteiger partial charge in [-0.05, 0) is 36.4 Å². The van der Waals surface area contributed by atoms with Crippen LogP contribution in [0.15, 0.2) is 79.0 Å². The quantitative estimate of drug-likeness (QED) is 0.803. The molecular weight excluding hydrogens is 302 g/mol. The Hall–Kier alpha value is -3.47. The second-order valence-corrected chi connectivity index (χ2v) is 5.11. The molecule has 2 amide bonds. The van der Waals surface area contributed by atoms with E-state index in [9.17, 15) is 9.59 Å². The van der Waals surface area contributed by atoms with Crippen LogP contribution in [0.1, 0.15) is 20.8 Å². The van der Waals surface area contributed by atoms with Crippen molar-refractivity contribution in [1.82, 2.24) is 4.98 Å². The summed E-state index contributed by atoms with van der Waals surface area (Å²) >= 11 is 0. The third kappa shape index (κ3) is 3.15. The van der Waals surface area contributed by atoms with Gasteiger partial charge in [0.25, 0.3) is 11.8 Å². The second kappa shape index (κ2) is 6.75. The number of para-hydroxylation sites is 2. The first-order valence-electron chi connectivity index (χ1n) is 7.37.